The summed E-state index contributed by atoms with van der Waals surface area (Å²) in [4.78, 5) is 20.8. The van der Waals surface area contributed by atoms with Gasteiger partial charge in [0.2, 0.25) is 5.91 Å². The highest BCUT2D eigenvalue weighted by atomic mass is 16.3. The Bertz CT molecular complexity index is 631. The highest BCUT2D eigenvalue weighted by Crippen LogP contribution is 2.27. The van der Waals surface area contributed by atoms with Gasteiger partial charge in [-0.15, -0.1) is 0 Å². The first-order valence-corrected chi connectivity index (χ1v) is 9.17. The number of para-hydroxylation sites is 2. The van der Waals surface area contributed by atoms with Crippen LogP contribution in [0.4, 0.5) is 5.69 Å². The number of piperazine rings is 1. The van der Waals surface area contributed by atoms with E-state index in [-0.39, 0.29) is 18.0 Å². The zero-order valence-electron chi connectivity index (χ0n) is 16.2. The minimum absolute atomic E-state index is 0.0826. The highest BCUT2D eigenvalue weighted by Gasteiger charge is 2.21. The van der Waals surface area contributed by atoms with Crippen LogP contribution in [0.1, 0.15) is 27.7 Å². The van der Waals surface area contributed by atoms with Gasteiger partial charge in [-0.1, -0.05) is 12.1 Å². The van der Waals surface area contributed by atoms with Crippen molar-refractivity contribution in [3.63, 3.8) is 0 Å². The van der Waals surface area contributed by atoms with Crippen LogP contribution in [0.3, 0.4) is 0 Å². The summed E-state index contributed by atoms with van der Waals surface area (Å²) in [6.07, 6.45) is 0. The van der Waals surface area contributed by atoms with Gasteiger partial charge in [0, 0.05) is 38.3 Å². The second-order valence-electron chi connectivity index (χ2n) is 7.43. The molecule has 1 heterocycles. The smallest absolute Gasteiger partial charge is 0.242 e. The Hall–Kier alpha value is -2.44. The van der Waals surface area contributed by atoms with Crippen molar-refractivity contribution in [2.45, 2.75) is 33.2 Å². The van der Waals surface area contributed by atoms with Crippen LogP contribution in [0.25, 0.3) is 0 Å². The maximum atomic E-state index is 12.0. The fraction of sp³-hybridized carbons (Fsp3) is 0.579. The maximum absolute atomic E-state index is 12.0. The molecule has 0 radical (unpaired) electrons. The molecule has 1 aromatic carbocycles. The zero-order chi connectivity index (χ0) is 19.2. The standard InChI is InChI=1S/C19H31N5O2/c1-5-20-18(21-14-17(26)22-19(2,3)4)24-12-10-23(11-13-24)15-8-6-7-9-16(15)25/h6-9,25H,5,10-14H2,1-4H3,(H,20,21)(H,22,26). The lowest BCUT2D eigenvalue weighted by molar-refractivity contribution is -0.121. The summed E-state index contributed by atoms with van der Waals surface area (Å²) in [7, 11) is 0. The van der Waals surface area contributed by atoms with Gasteiger partial charge in [0.25, 0.3) is 0 Å². The SMILES string of the molecule is CCNC(=NCC(=O)NC(C)(C)C)N1CCN(c2ccccc2O)CC1. The van der Waals surface area contributed by atoms with E-state index in [2.05, 4.69) is 25.4 Å². The summed E-state index contributed by atoms with van der Waals surface area (Å²) in [6.45, 7) is 11.9. The molecule has 1 amide bonds. The van der Waals surface area contributed by atoms with Gasteiger partial charge in [0.1, 0.15) is 12.3 Å². The topological polar surface area (TPSA) is 80.2 Å². The molecule has 0 saturated carbocycles. The van der Waals surface area contributed by atoms with Crippen molar-refractivity contribution in [2.75, 3.05) is 44.2 Å². The van der Waals surface area contributed by atoms with E-state index in [0.717, 1.165) is 44.4 Å². The number of rotatable bonds is 4. The van der Waals surface area contributed by atoms with Crippen LogP contribution in [0, 0.1) is 0 Å². The van der Waals surface area contributed by atoms with Crippen molar-refractivity contribution >= 4 is 17.6 Å². The third-order valence-corrected chi connectivity index (χ3v) is 4.02. The van der Waals surface area contributed by atoms with Crippen LogP contribution in [0.2, 0.25) is 0 Å². The molecule has 3 N–H and O–H groups in total. The molecule has 144 valence electrons. The summed E-state index contributed by atoms with van der Waals surface area (Å²) >= 11 is 0. The number of guanidine groups is 1. The minimum Gasteiger partial charge on any atom is -0.506 e. The van der Waals surface area contributed by atoms with E-state index < -0.39 is 0 Å². The van der Waals surface area contributed by atoms with Crippen molar-refractivity contribution < 1.29 is 9.90 Å². The van der Waals surface area contributed by atoms with Crippen molar-refractivity contribution in [3.8, 4) is 5.75 Å². The van der Waals surface area contributed by atoms with Crippen molar-refractivity contribution in [3.05, 3.63) is 24.3 Å². The Balaban J connectivity index is 1.96. The van der Waals surface area contributed by atoms with Crippen LogP contribution in [0.15, 0.2) is 29.3 Å². The fourth-order valence-electron chi connectivity index (χ4n) is 2.92. The van der Waals surface area contributed by atoms with Gasteiger partial charge in [-0.25, -0.2) is 4.99 Å². The predicted octanol–water partition coefficient (Wildman–Crippen LogP) is 1.39. The summed E-state index contributed by atoms with van der Waals surface area (Å²) in [5, 5.41) is 16.2. The molecule has 1 saturated heterocycles. The molecule has 1 aliphatic rings. The number of aliphatic imine (C=N–C) groups is 1. The van der Waals surface area contributed by atoms with E-state index in [4.69, 9.17) is 0 Å². The van der Waals surface area contributed by atoms with Crippen LogP contribution in [-0.4, -0.2) is 66.7 Å². The second-order valence-corrected chi connectivity index (χ2v) is 7.43. The number of hydrogen-bond acceptors (Lipinski definition) is 4. The van der Waals surface area contributed by atoms with E-state index in [1.807, 2.05) is 45.9 Å². The third-order valence-electron chi connectivity index (χ3n) is 4.02. The summed E-state index contributed by atoms with van der Waals surface area (Å²) in [5.74, 6) is 0.981. The van der Waals surface area contributed by atoms with Gasteiger partial charge in [-0.3, -0.25) is 4.79 Å². The van der Waals surface area contributed by atoms with Crippen LogP contribution < -0.4 is 15.5 Å². The van der Waals surface area contributed by atoms with Gasteiger partial charge in [0.05, 0.1) is 5.69 Å². The van der Waals surface area contributed by atoms with E-state index in [1.54, 1.807) is 6.07 Å². The first kappa shape index (κ1) is 19.9. The van der Waals surface area contributed by atoms with E-state index >= 15 is 0 Å². The fourth-order valence-corrected chi connectivity index (χ4v) is 2.92. The quantitative estimate of drug-likeness (QED) is 0.558. The van der Waals surface area contributed by atoms with Gasteiger partial charge < -0.3 is 25.5 Å². The molecule has 1 aliphatic heterocycles. The summed E-state index contributed by atoms with van der Waals surface area (Å²) in [5.41, 5.74) is 0.604. The van der Waals surface area contributed by atoms with E-state index in [1.165, 1.54) is 0 Å². The normalized spacial score (nSPS) is 15.8. The second kappa shape index (κ2) is 8.78. The Morgan fingerprint density at radius 3 is 2.42 bits per heavy atom. The molecular weight excluding hydrogens is 330 g/mol. The molecule has 0 atom stereocenters. The van der Waals surface area contributed by atoms with Crippen LogP contribution >= 0.6 is 0 Å². The first-order chi connectivity index (χ1) is 12.3. The van der Waals surface area contributed by atoms with Crippen LogP contribution in [-0.2, 0) is 4.79 Å². The Kier molecular flexibility index (Phi) is 6.71. The number of carbonyl (C=O) groups is 1. The number of nitrogens with zero attached hydrogens (tertiary/aromatic N) is 3. The number of anilines is 1. The van der Waals surface area contributed by atoms with E-state index in [0.29, 0.717) is 5.75 Å². The lowest BCUT2D eigenvalue weighted by Gasteiger charge is -2.37. The lowest BCUT2D eigenvalue weighted by Crippen LogP contribution is -2.53. The Morgan fingerprint density at radius 2 is 1.85 bits per heavy atom. The molecule has 0 spiro atoms. The van der Waals surface area contributed by atoms with Gasteiger partial charge >= 0.3 is 0 Å². The number of carbonyl (C=O) groups excluding carboxylic acids is 1. The molecule has 0 aromatic heterocycles. The number of amides is 1. The molecule has 0 unspecified atom stereocenters. The van der Waals surface area contributed by atoms with Crippen molar-refractivity contribution in [1.82, 2.24) is 15.5 Å². The minimum atomic E-state index is -0.256. The largest absolute Gasteiger partial charge is 0.506 e. The number of nitrogens with one attached hydrogen (secondary N) is 2. The molecule has 7 heteroatoms. The molecule has 1 aromatic rings. The number of hydrogen-bond donors (Lipinski definition) is 3. The van der Waals surface area contributed by atoms with Gasteiger partial charge in [-0.05, 0) is 39.8 Å². The number of phenols is 1. The van der Waals surface area contributed by atoms with Gasteiger partial charge in [-0.2, -0.15) is 0 Å². The summed E-state index contributed by atoms with van der Waals surface area (Å²) < 4.78 is 0. The maximum Gasteiger partial charge on any atom is 0.242 e. The highest BCUT2D eigenvalue weighted by molar-refractivity contribution is 5.85. The number of benzene rings is 1. The zero-order valence-corrected chi connectivity index (χ0v) is 16.2. The number of aromatic hydroxyl groups is 1. The molecule has 26 heavy (non-hydrogen) atoms. The monoisotopic (exact) mass is 361 g/mol. The average molecular weight is 361 g/mol. The van der Waals surface area contributed by atoms with E-state index in [9.17, 15) is 9.90 Å². The number of phenolic OH excluding ortho intramolecular Hbond substituents is 1. The molecule has 1 fully saturated rings. The Morgan fingerprint density at radius 1 is 1.19 bits per heavy atom. The molecule has 7 nitrogen and oxygen atoms in total. The van der Waals surface area contributed by atoms with Crippen LogP contribution in [0.5, 0.6) is 5.75 Å². The Labute approximate surface area is 156 Å². The van der Waals surface area contributed by atoms with Crippen molar-refractivity contribution in [2.24, 2.45) is 4.99 Å². The summed E-state index contributed by atoms with van der Waals surface area (Å²) in [6, 6.07) is 7.40. The lowest BCUT2D eigenvalue weighted by atomic mass is 10.1. The van der Waals surface area contributed by atoms with Gasteiger partial charge in [0.15, 0.2) is 5.96 Å². The molecule has 2 rings (SSSR count). The first-order valence-electron chi connectivity index (χ1n) is 9.17. The predicted molar refractivity (Wildman–Crippen MR) is 106 cm³/mol. The molecular formula is C19H31N5O2. The molecule has 0 aliphatic carbocycles. The third kappa shape index (κ3) is 5.82. The van der Waals surface area contributed by atoms with Crippen molar-refractivity contribution in [1.29, 1.82) is 0 Å². The molecule has 0 bridgehead atoms. The average Bonchev–Trinajstić information content (AvgIpc) is 2.58.